The number of aryl methyl sites for hydroxylation is 1. The van der Waals surface area contributed by atoms with Crippen LogP contribution in [0.1, 0.15) is 19.0 Å². The fraction of sp³-hybridized carbons (Fsp3) is 0.222. The van der Waals surface area contributed by atoms with Crippen molar-refractivity contribution in [2.45, 2.75) is 30.8 Å². The van der Waals surface area contributed by atoms with Crippen molar-refractivity contribution in [2.24, 2.45) is 0 Å². The first kappa shape index (κ1) is 18.7. The number of para-hydroxylation sites is 2. The molecule has 1 N–H and O–H groups in total. The van der Waals surface area contributed by atoms with Crippen LogP contribution in [0.25, 0.3) is 11.0 Å². The number of fused-ring (bicyclic) bond motifs is 1. The zero-order valence-electron chi connectivity index (χ0n) is 14.0. The molecule has 0 spiro atoms. The van der Waals surface area contributed by atoms with Crippen LogP contribution in [0.5, 0.6) is 0 Å². The number of hydrogen-bond donors (Lipinski definition) is 1. The summed E-state index contributed by atoms with van der Waals surface area (Å²) in [5.41, 5.74) is 2.26. The number of hydrogen-bond acceptors (Lipinski definition) is 3. The van der Waals surface area contributed by atoms with Gasteiger partial charge in [0.1, 0.15) is 0 Å². The summed E-state index contributed by atoms with van der Waals surface area (Å²) in [5, 5.41) is 2.77. The first-order chi connectivity index (χ1) is 12.4. The number of alkyl halides is 2. The maximum absolute atomic E-state index is 13.5. The second-order valence-corrected chi connectivity index (χ2v) is 7.48. The van der Waals surface area contributed by atoms with E-state index in [1.54, 1.807) is 49.4 Å². The second-order valence-electron chi connectivity index (χ2n) is 5.74. The maximum Gasteiger partial charge on any atom is 0.321 e. The third-order valence-electron chi connectivity index (χ3n) is 3.87. The highest BCUT2D eigenvalue weighted by Gasteiger charge is 2.23. The lowest BCUT2D eigenvalue weighted by molar-refractivity contribution is -0.115. The zero-order valence-corrected chi connectivity index (χ0v) is 15.6. The van der Waals surface area contributed by atoms with Crippen LogP contribution in [0.4, 0.5) is 14.5 Å². The molecule has 8 heteroatoms. The molecule has 1 heterocycles. The smallest absolute Gasteiger partial charge is 0.321 e. The molecule has 0 fully saturated rings. The van der Waals surface area contributed by atoms with Crippen molar-refractivity contribution >= 4 is 46.0 Å². The van der Waals surface area contributed by atoms with Crippen LogP contribution in [0.3, 0.4) is 0 Å². The molecule has 0 bridgehead atoms. The van der Waals surface area contributed by atoms with Gasteiger partial charge in [0.2, 0.25) is 5.91 Å². The molecule has 26 heavy (non-hydrogen) atoms. The maximum atomic E-state index is 13.5. The molecule has 1 atom stereocenters. The molecule has 0 radical (unpaired) electrons. The Balaban J connectivity index is 1.82. The number of benzene rings is 2. The van der Waals surface area contributed by atoms with E-state index in [1.165, 1.54) is 0 Å². The van der Waals surface area contributed by atoms with Gasteiger partial charge in [-0.05, 0) is 43.7 Å². The lowest BCUT2D eigenvalue weighted by Gasteiger charge is -2.14. The van der Waals surface area contributed by atoms with Gasteiger partial charge in [-0.1, -0.05) is 41.6 Å². The van der Waals surface area contributed by atoms with Gasteiger partial charge < -0.3 is 5.32 Å². The molecule has 1 amide bonds. The molecule has 2 aromatic carbocycles. The number of nitrogens with one attached hydrogen (secondary N) is 1. The number of thioether (sulfide) groups is 1. The summed E-state index contributed by atoms with van der Waals surface area (Å²) in [6.07, 6.45) is 0. The van der Waals surface area contributed by atoms with Crippen molar-refractivity contribution < 1.29 is 13.6 Å². The minimum Gasteiger partial charge on any atom is -0.325 e. The van der Waals surface area contributed by atoms with Crippen molar-refractivity contribution in [3.05, 3.63) is 53.1 Å². The third kappa shape index (κ3) is 3.83. The Bertz CT molecular complexity index is 961. The number of carbonyl (C=O) groups excluding carboxylic acids is 1. The Morgan fingerprint density at radius 2 is 2.00 bits per heavy atom. The Hall–Kier alpha value is -2.12. The molecule has 3 aromatic rings. The summed E-state index contributed by atoms with van der Waals surface area (Å²) in [6, 6.07) is 11.8. The van der Waals surface area contributed by atoms with Crippen LogP contribution in [-0.2, 0) is 4.79 Å². The molecule has 0 aliphatic heterocycles. The van der Waals surface area contributed by atoms with E-state index in [2.05, 4.69) is 10.3 Å². The van der Waals surface area contributed by atoms with Gasteiger partial charge in [0.15, 0.2) is 5.16 Å². The molecular formula is C18H16ClF2N3OS. The molecule has 136 valence electrons. The number of carbonyl (C=O) groups is 1. The van der Waals surface area contributed by atoms with Crippen molar-refractivity contribution in [1.29, 1.82) is 0 Å². The number of nitrogens with zero attached hydrogens (tertiary/aromatic N) is 2. The number of amides is 1. The predicted octanol–water partition coefficient (Wildman–Crippen LogP) is 5.51. The fourth-order valence-electron chi connectivity index (χ4n) is 2.47. The summed E-state index contributed by atoms with van der Waals surface area (Å²) >= 11 is 6.95. The van der Waals surface area contributed by atoms with Gasteiger partial charge in [0.05, 0.1) is 16.3 Å². The van der Waals surface area contributed by atoms with Crippen LogP contribution < -0.4 is 5.32 Å². The fourth-order valence-corrected chi connectivity index (χ4v) is 3.57. The van der Waals surface area contributed by atoms with E-state index in [0.717, 1.165) is 21.9 Å². The minimum absolute atomic E-state index is 0.103. The van der Waals surface area contributed by atoms with Crippen LogP contribution in [0, 0.1) is 6.92 Å². The quantitative estimate of drug-likeness (QED) is 0.579. The van der Waals surface area contributed by atoms with Crippen molar-refractivity contribution in [3.8, 4) is 0 Å². The van der Waals surface area contributed by atoms with Gasteiger partial charge >= 0.3 is 6.55 Å². The predicted molar refractivity (Wildman–Crippen MR) is 101 cm³/mol. The summed E-state index contributed by atoms with van der Waals surface area (Å²) in [4.78, 5) is 16.7. The molecule has 1 aromatic heterocycles. The molecule has 1 unspecified atom stereocenters. The number of imidazole rings is 1. The minimum atomic E-state index is -2.74. The molecule has 0 saturated heterocycles. The van der Waals surface area contributed by atoms with E-state index in [0.29, 0.717) is 21.7 Å². The molecule has 0 saturated carbocycles. The molecule has 0 aliphatic carbocycles. The molecule has 3 rings (SSSR count). The van der Waals surface area contributed by atoms with E-state index < -0.39 is 11.8 Å². The van der Waals surface area contributed by atoms with Gasteiger partial charge in [-0.2, -0.15) is 8.78 Å². The largest absolute Gasteiger partial charge is 0.325 e. The normalized spacial score (nSPS) is 12.5. The molecular weight excluding hydrogens is 380 g/mol. The average Bonchev–Trinajstić information content (AvgIpc) is 2.96. The van der Waals surface area contributed by atoms with E-state index in [9.17, 15) is 13.6 Å². The SMILES string of the molecule is Cc1ccc(Cl)cc1NC(=O)C(C)Sc1nc2ccccc2n1C(F)F. The topological polar surface area (TPSA) is 46.9 Å². The number of rotatable bonds is 5. The summed E-state index contributed by atoms with van der Waals surface area (Å²) in [5.74, 6) is -0.312. The number of anilines is 1. The lowest BCUT2D eigenvalue weighted by atomic mass is 10.2. The summed E-state index contributed by atoms with van der Waals surface area (Å²) in [7, 11) is 0. The Morgan fingerprint density at radius 1 is 1.27 bits per heavy atom. The summed E-state index contributed by atoms with van der Waals surface area (Å²) < 4.78 is 27.8. The second kappa shape index (κ2) is 7.63. The van der Waals surface area contributed by atoms with Crippen LogP contribution >= 0.6 is 23.4 Å². The zero-order chi connectivity index (χ0) is 18.8. The van der Waals surface area contributed by atoms with E-state index >= 15 is 0 Å². The van der Waals surface area contributed by atoms with E-state index in [1.807, 2.05) is 6.92 Å². The first-order valence-electron chi connectivity index (χ1n) is 7.85. The van der Waals surface area contributed by atoms with Crippen molar-refractivity contribution in [3.63, 3.8) is 0 Å². The highest BCUT2D eigenvalue weighted by atomic mass is 35.5. The Labute approximate surface area is 158 Å². The Morgan fingerprint density at radius 3 is 2.73 bits per heavy atom. The molecule has 4 nitrogen and oxygen atoms in total. The average molecular weight is 396 g/mol. The van der Waals surface area contributed by atoms with E-state index in [4.69, 9.17) is 11.6 Å². The van der Waals surface area contributed by atoms with Gasteiger partial charge in [-0.15, -0.1) is 0 Å². The van der Waals surface area contributed by atoms with E-state index in [-0.39, 0.29) is 11.1 Å². The number of aromatic nitrogens is 2. The third-order valence-corrected chi connectivity index (χ3v) is 5.17. The lowest BCUT2D eigenvalue weighted by Crippen LogP contribution is -2.23. The monoisotopic (exact) mass is 395 g/mol. The highest BCUT2D eigenvalue weighted by molar-refractivity contribution is 8.00. The number of halogens is 3. The standard InChI is InChI=1S/C18H16ClF2N3OS/c1-10-7-8-12(19)9-14(10)22-16(25)11(2)26-18-23-13-5-3-4-6-15(13)24(18)17(20)21/h3-9,11,17H,1-2H3,(H,22,25). The van der Waals surface area contributed by atoms with Crippen LogP contribution in [0.2, 0.25) is 5.02 Å². The van der Waals surface area contributed by atoms with Crippen LogP contribution in [0.15, 0.2) is 47.6 Å². The van der Waals surface area contributed by atoms with Crippen LogP contribution in [-0.4, -0.2) is 20.7 Å². The van der Waals surface area contributed by atoms with Crippen molar-refractivity contribution in [1.82, 2.24) is 9.55 Å². The van der Waals surface area contributed by atoms with Crippen molar-refractivity contribution in [2.75, 3.05) is 5.32 Å². The van der Waals surface area contributed by atoms with Gasteiger partial charge in [-0.3, -0.25) is 9.36 Å². The van der Waals surface area contributed by atoms with Gasteiger partial charge in [0, 0.05) is 10.7 Å². The molecule has 0 aliphatic rings. The summed E-state index contributed by atoms with van der Waals surface area (Å²) in [6.45, 7) is 0.755. The first-order valence-corrected chi connectivity index (χ1v) is 9.11. The highest BCUT2D eigenvalue weighted by Crippen LogP contribution is 2.32. The van der Waals surface area contributed by atoms with Gasteiger partial charge in [0.25, 0.3) is 0 Å². The van der Waals surface area contributed by atoms with Gasteiger partial charge in [-0.25, -0.2) is 4.98 Å². The Kier molecular flexibility index (Phi) is 5.48.